The summed E-state index contributed by atoms with van der Waals surface area (Å²) in [5.41, 5.74) is 1.04. The molecule has 0 saturated heterocycles. The number of benzene rings is 1. The molecule has 1 aromatic rings. The molecule has 0 spiro atoms. The number of rotatable bonds is 9. The molecule has 1 unspecified atom stereocenters. The fourth-order valence-electron chi connectivity index (χ4n) is 2.07. The zero-order chi connectivity index (χ0) is 16.4. The van der Waals surface area contributed by atoms with Crippen LogP contribution in [0.15, 0.2) is 24.3 Å². The first-order valence-corrected chi connectivity index (χ1v) is 7.60. The van der Waals surface area contributed by atoms with Crippen molar-refractivity contribution in [3.8, 4) is 11.8 Å². The molecule has 1 aromatic carbocycles. The number of hydrogen-bond donors (Lipinski definition) is 1. The Balaban J connectivity index is 2.64. The summed E-state index contributed by atoms with van der Waals surface area (Å²) in [7, 11) is 4.01. The quantitative estimate of drug-likeness (QED) is 0.761. The van der Waals surface area contributed by atoms with E-state index >= 15 is 0 Å². The number of nitrogens with one attached hydrogen (secondary N) is 1. The Morgan fingerprint density at radius 3 is 2.59 bits per heavy atom. The van der Waals surface area contributed by atoms with E-state index in [-0.39, 0.29) is 18.4 Å². The molecule has 0 bridgehead atoms. The van der Waals surface area contributed by atoms with E-state index in [1.807, 2.05) is 44.4 Å². The van der Waals surface area contributed by atoms with Crippen LogP contribution in [0.2, 0.25) is 0 Å². The number of hydrogen-bond acceptors (Lipinski definition) is 4. The number of nitriles is 1. The minimum absolute atomic E-state index is 0.0540. The smallest absolute Gasteiger partial charge is 0.234 e. The Kier molecular flexibility index (Phi) is 8.01. The van der Waals surface area contributed by atoms with Crippen LogP contribution in [-0.2, 0) is 4.79 Å². The van der Waals surface area contributed by atoms with Crippen LogP contribution in [0.5, 0.6) is 5.75 Å². The van der Waals surface area contributed by atoms with E-state index in [1.54, 1.807) is 0 Å². The van der Waals surface area contributed by atoms with E-state index in [4.69, 9.17) is 10.00 Å². The van der Waals surface area contributed by atoms with Gasteiger partial charge in [-0.25, -0.2) is 0 Å². The number of likely N-dealkylation sites (N-methyl/N-ethyl adjacent to an activating group) is 1. The highest BCUT2D eigenvalue weighted by atomic mass is 16.5. The van der Waals surface area contributed by atoms with E-state index in [1.165, 1.54) is 0 Å². The molecule has 22 heavy (non-hydrogen) atoms. The van der Waals surface area contributed by atoms with Gasteiger partial charge in [-0.15, -0.1) is 0 Å². The van der Waals surface area contributed by atoms with Gasteiger partial charge in [0.05, 0.1) is 12.1 Å². The van der Waals surface area contributed by atoms with Crippen molar-refractivity contribution in [1.82, 2.24) is 10.2 Å². The molecule has 5 nitrogen and oxygen atoms in total. The van der Waals surface area contributed by atoms with Crippen molar-refractivity contribution >= 4 is 5.91 Å². The lowest BCUT2D eigenvalue weighted by Gasteiger charge is -2.18. The van der Waals surface area contributed by atoms with Crippen LogP contribution in [-0.4, -0.2) is 38.1 Å². The normalized spacial score (nSPS) is 11.8. The van der Waals surface area contributed by atoms with Gasteiger partial charge < -0.3 is 15.0 Å². The highest BCUT2D eigenvalue weighted by Crippen LogP contribution is 2.21. The molecule has 1 N–H and O–H groups in total. The van der Waals surface area contributed by atoms with Crippen LogP contribution in [0, 0.1) is 11.3 Å². The molecular weight excluding hydrogens is 278 g/mol. The minimum Gasteiger partial charge on any atom is -0.492 e. The average Bonchev–Trinajstić information content (AvgIpc) is 2.47. The fourth-order valence-corrected chi connectivity index (χ4v) is 2.07. The average molecular weight is 303 g/mol. The fraction of sp³-hybridized carbons (Fsp3) is 0.529. The second-order valence-electron chi connectivity index (χ2n) is 5.46. The largest absolute Gasteiger partial charge is 0.492 e. The van der Waals surface area contributed by atoms with Crippen LogP contribution in [0.3, 0.4) is 0 Å². The van der Waals surface area contributed by atoms with Crippen molar-refractivity contribution in [2.24, 2.45) is 0 Å². The summed E-state index contributed by atoms with van der Waals surface area (Å²) in [5, 5.41) is 11.5. The zero-order valence-electron chi connectivity index (χ0n) is 13.6. The molecule has 0 fully saturated rings. The lowest BCUT2D eigenvalue weighted by molar-refractivity contribution is -0.120. The van der Waals surface area contributed by atoms with Crippen LogP contribution in [0.1, 0.15) is 37.8 Å². The van der Waals surface area contributed by atoms with E-state index in [0.29, 0.717) is 6.61 Å². The molecule has 120 valence electrons. The zero-order valence-corrected chi connectivity index (χ0v) is 13.6. The summed E-state index contributed by atoms with van der Waals surface area (Å²) in [6.07, 6.45) is 1.70. The molecule has 0 aliphatic carbocycles. The summed E-state index contributed by atoms with van der Waals surface area (Å²) in [5.74, 6) is 0.594. The Labute approximate surface area is 132 Å². The van der Waals surface area contributed by atoms with Crippen LogP contribution in [0.25, 0.3) is 0 Å². The first-order chi connectivity index (χ1) is 10.6. The lowest BCUT2D eigenvalue weighted by atomic mass is 10.0. The van der Waals surface area contributed by atoms with E-state index in [2.05, 4.69) is 17.1 Å². The van der Waals surface area contributed by atoms with Crippen molar-refractivity contribution < 1.29 is 9.53 Å². The van der Waals surface area contributed by atoms with E-state index in [9.17, 15) is 4.79 Å². The number of carbonyl (C=O) groups is 1. The van der Waals surface area contributed by atoms with Crippen LogP contribution in [0.4, 0.5) is 0 Å². The molecule has 0 aromatic heterocycles. The molecular formula is C17H25N3O2. The predicted octanol–water partition coefficient (Wildman–Crippen LogP) is 2.50. The van der Waals surface area contributed by atoms with Crippen LogP contribution < -0.4 is 10.1 Å². The number of nitrogens with zero attached hydrogens (tertiary/aromatic N) is 2. The summed E-state index contributed by atoms with van der Waals surface area (Å²) in [4.78, 5) is 13.7. The summed E-state index contributed by atoms with van der Waals surface area (Å²) >= 11 is 0. The van der Waals surface area contributed by atoms with Gasteiger partial charge in [-0.2, -0.15) is 5.26 Å². The Hall–Kier alpha value is -2.06. The maximum absolute atomic E-state index is 11.6. The summed E-state index contributed by atoms with van der Waals surface area (Å²) in [6, 6.07) is 9.60. The molecule has 0 heterocycles. The van der Waals surface area contributed by atoms with Crippen molar-refractivity contribution in [2.45, 2.75) is 32.2 Å². The van der Waals surface area contributed by atoms with Gasteiger partial charge in [-0.05, 0) is 38.2 Å². The molecule has 1 rings (SSSR count). The molecule has 0 aliphatic heterocycles. The van der Waals surface area contributed by atoms with E-state index in [0.717, 1.165) is 30.7 Å². The molecule has 0 saturated carbocycles. The second-order valence-corrected chi connectivity index (χ2v) is 5.46. The third-order valence-electron chi connectivity index (χ3n) is 3.24. The van der Waals surface area contributed by atoms with Gasteiger partial charge in [-0.1, -0.05) is 25.5 Å². The highest BCUT2D eigenvalue weighted by molar-refractivity contribution is 5.78. The standard InChI is InChI=1S/C17H25N3O2/c1-4-5-16(19-17(21)10-11-18)14-6-8-15(9-7-14)22-13-12-20(2)3/h6-9,16H,4-5,10,12-13H2,1-3H3,(H,19,21). The Morgan fingerprint density at radius 1 is 1.36 bits per heavy atom. The Bertz CT molecular complexity index is 492. The SMILES string of the molecule is CCCC(NC(=O)CC#N)c1ccc(OCCN(C)C)cc1. The molecule has 5 heteroatoms. The number of carbonyl (C=O) groups excluding carboxylic acids is 1. The van der Waals surface area contributed by atoms with Crippen molar-refractivity contribution in [1.29, 1.82) is 5.26 Å². The van der Waals surface area contributed by atoms with Crippen molar-refractivity contribution in [3.05, 3.63) is 29.8 Å². The lowest BCUT2D eigenvalue weighted by Crippen LogP contribution is -2.27. The van der Waals surface area contributed by atoms with Gasteiger partial charge in [0.15, 0.2) is 0 Å². The number of amides is 1. The maximum atomic E-state index is 11.6. The summed E-state index contributed by atoms with van der Waals surface area (Å²) < 4.78 is 5.66. The third-order valence-corrected chi connectivity index (χ3v) is 3.24. The van der Waals surface area contributed by atoms with Gasteiger partial charge in [0, 0.05) is 6.54 Å². The molecule has 1 atom stereocenters. The second kappa shape index (κ2) is 9.80. The predicted molar refractivity (Wildman–Crippen MR) is 86.5 cm³/mol. The first-order valence-electron chi connectivity index (χ1n) is 7.60. The van der Waals surface area contributed by atoms with Gasteiger partial charge >= 0.3 is 0 Å². The Morgan fingerprint density at radius 2 is 2.05 bits per heavy atom. The van der Waals surface area contributed by atoms with Crippen LogP contribution >= 0.6 is 0 Å². The van der Waals surface area contributed by atoms with Gasteiger partial charge in [-0.3, -0.25) is 4.79 Å². The van der Waals surface area contributed by atoms with Gasteiger partial charge in [0.25, 0.3) is 0 Å². The number of ether oxygens (including phenoxy) is 1. The molecule has 0 radical (unpaired) electrons. The minimum atomic E-state index is -0.229. The first kappa shape index (κ1) is 18.0. The van der Waals surface area contributed by atoms with E-state index < -0.39 is 0 Å². The van der Waals surface area contributed by atoms with Crippen molar-refractivity contribution in [2.75, 3.05) is 27.2 Å². The maximum Gasteiger partial charge on any atom is 0.234 e. The molecule has 1 amide bonds. The highest BCUT2D eigenvalue weighted by Gasteiger charge is 2.13. The van der Waals surface area contributed by atoms with Crippen molar-refractivity contribution in [3.63, 3.8) is 0 Å². The van der Waals surface area contributed by atoms with Gasteiger partial charge in [0.2, 0.25) is 5.91 Å². The topological polar surface area (TPSA) is 65.4 Å². The summed E-state index contributed by atoms with van der Waals surface area (Å²) in [6.45, 7) is 3.58. The third kappa shape index (κ3) is 6.59. The van der Waals surface area contributed by atoms with Gasteiger partial charge in [0.1, 0.15) is 18.8 Å². The monoisotopic (exact) mass is 303 g/mol. The molecule has 0 aliphatic rings.